The molecule has 1 aliphatic heterocycles. The minimum Gasteiger partial charge on any atom is -0.497 e. The van der Waals surface area contributed by atoms with Gasteiger partial charge in [-0.1, -0.05) is 19.1 Å². The second kappa shape index (κ2) is 11.1. The van der Waals surface area contributed by atoms with E-state index >= 15 is 0 Å². The lowest BCUT2D eigenvalue weighted by Gasteiger charge is -2.23. The van der Waals surface area contributed by atoms with Crippen LogP contribution in [0.4, 0.5) is 0 Å². The minimum absolute atomic E-state index is 0. The van der Waals surface area contributed by atoms with Crippen molar-refractivity contribution in [2.75, 3.05) is 46.4 Å². The average molecular weight is 486 g/mol. The molecule has 5 nitrogen and oxygen atoms in total. The van der Waals surface area contributed by atoms with Crippen LogP contribution >= 0.6 is 24.0 Å². The van der Waals surface area contributed by atoms with E-state index in [0.717, 1.165) is 57.0 Å². The van der Waals surface area contributed by atoms with Gasteiger partial charge in [-0.25, -0.2) is 0 Å². The maximum absolute atomic E-state index is 5.27. The first-order valence-corrected chi connectivity index (χ1v) is 10.2. The molecule has 6 heteroatoms. The Kier molecular flexibility index (Phi) is 9.15. The Morgan fingerprint density at radius 2 is 1.96 bits per heavy atom. The van der Waals surface area contributed by atoms with Crippen LogP contribution in [0.2, 0.25) is 0 Å². The molecule has 1 aromatic carbocycles. The van der Waals surface area contributed by atoms with Crippen LogP contribution in [0, 0.1) is 0 Å². The number of aliphatic imine (C=N–C) groups is 1. The molecule has 0 bridgehead atoms. The minimum atomic E-state index is 0. The van der Waals surface area contributed by atoms with Crippen LogP contribution in [0.1, 0.15) is 44.6 Å². The number of likely N-dealkylation sites (tertiary alicyclic amines) is 1. The van der Waals surface area contributed by atoms with Gasteiger partial charge in [0.25, 0.3) is 0 Å². The number of hydrogen-bond acceptors (Lipinski definition) is 3. The summed E-state index contributed by atoms with van der Waals surface area (Å²) in [5.74, 6) is 2.58. The van der Waals surface area contributed by atoms with E-state index in [1.807, 2.05) is 0 Å². The summed E-state index contributed by atoms with van der Waals surface area (Å²) in [7, 11) is 1.72. The largest absolute Gasteiger partial charge is 0.497 e. The van der Waals surface area contributed by atoms with Gasteiger partial charge in [-0.2, -0.15) is 0 Å². The van der Waals surface area contributed by atoms with Crippen molar-refractivity contribution >= 4 is 29.9 Å². The molecule has 152 valence electrons. The third-order valence-electron chi connectivity index (χ3n) is 5.53. The summed E-state index contributed by atoms with van der Waals surface area (Å²) in [5, 5.41) is 3.49. The lowest BCUT2D eigenvalue weighted by atomic mass is 9.98. The van der Waals surface area contributed by atoms with Gasteiger partial charge in [0.15, 0.2) is 5.96 Å². The van der Waals surface area contributed by atoms with E-state index in [4.69, 9.17) is 9.73 Å². The molecule has 3 rings (SSSR count). The molecule has 0 spiro atoms. The Balaban J connectivity index is 0.00000261. The highest BCUT2D eigenvalue weighted by Crippen LogP contribution is 2.28. The highest BCUT2D eigenvalue weighted by molar-refractivity contribution is 14.0. The van der Waals surface area contributed by atoms with E-state index in [-0.39, 0.29) is 24.0 Å². The summed E-state index contributed by atoms with van der Waals surface area (Å²) < 4.78 is 5.27. The first kappa shape index (κ1) is 22.3. The second-order valence-electron chi connectivity index (χ2n) is 7.30. The first-order chi connectivity index (χ1) is 12.7. The number of benzene rings is 1. The van der Waals surface area contributed by atoms with Crippen molar-refractivity contribution in [1.29, 1.82) is 0 Å². The van der Waals surface area contributed by atoms with Crippen molar-refractivity contribution in [3.63, 3.8) is 0 Å². The molecule has 0 radical (unpaired) electrons. The number of guanidine groups is 1. The first-order valence-electron chi connectivity index (χ1n) is 10.2. The standard InChI is InChI=1S/C21H34N4O.HI/c1-4-22-21(23-13-15-24(5-2)19-8-9-19)25-14-12-18(16-25)17-6-10-20(26-3)11-7-17;/h6-7,10-11,18-19H,4-5,8-9,12-16H2,1-3H3,(H,22,23);1H. The summed E-state index contributed by atoms with van der Waals surface area (Å²) in [4.78, 5) is 9.91. The predicted octanol–water partition coefficient (Wildman–Crippen LogP) is 3.55. The third-order valence-corrected chi connectivity index (χ3v) is 5.53. The Bertz CT molecular complexity index is 588. The van der Waals surface area contributed by atoms with Crippen molar-refractivity contribution in [2.24, 2.45) is 4.99 Å². The Morgan fingerprint density at radius 3 is 2.56 bits per heavy atom. The zero-order chi connectivity index (χ0) is 18.4. The van der Waals surface area contributed by atoms with Gasteiger partial charge in [0, 0.05) is 38.1 Å². The summed E-state index contributed by atoms with van der Waals surface area (Å²) in [6, 6.07) is 9.35. The second-order valence-corrected chi connectivity index (χ2v) is 7.30. The van der Waals surface area contributed by atoms with E-state index in [1.165, 1.54) is 24.8 Å². The number of halogens is 1. The van der Waals surface area contributed by atoms with Crippen molar-refractivity contribution in [3.05, 3.63) is 29.8 Å². The van der Waals surface area contributed by atoms with Crippen molar-refractivity contribution in [2.45, 2.75) is 45.1 Å². The SMILES string of the molecule is CCNC(=NCCN(CC)C1CC1)N1CCC(c2ccc(OC)cc2)C1.I. The molecule has 1 saturated heterocycles. The van der Waals surface area contributed by atoms with Gasteiger partial charge in [0.1, 0.15) is 5.75 Å². The Hall–Kier alpha value is -1.02. The molecule has 2 aliphatic rings. The fourth-order valence-electron chi connectivity index (χ4n) is 3.85. The molecule has 0 aromatic heterocycles. The fraction of sp³-hybridized carbons (Fsp3) is 0.667. The zero-order valence-electron chi connectivity index (χ0n) is 17.0. The summed E-state index contributed by atoms with van der Waals surface area (Å²) in [5.41, 5.74) is 1.40. The maximum atomic E-state index is 5.27. The lowest BCUT2D eigenvalue weighted by molar-refractivity contribution is 0.285. The van der Waals surface area contributed by atoms with Gasteiger partial charge in [-0.05, 0) is 50.4 Å². The predicted molar refractivity (Wildman–Crippen MR) is 124 cm³/mol. The number of rotatable bonds is 8. The normalized spacial score (nSPS) is 19.9. The molecule has 1 heterocycles. The number of ether oxygens (including phenoxy) is 1. The fourth-order valence-corrected chi connectivity index (χ4v) is 3.85. The number of methoxy groups -OCH3 is 1. The zero-order valence-corrected chi connectivity index (χ0v) is 19.3. The quantitative estimate of drug-likeness (QED) is 0.347. The number of hydrogen-bond donors (Lipinski definition) is 1. The van der Waals surface area contributed by atoms with Crippen LogP contribution in [-0.4, -0.2) is 68.2 Å². The molecular formula is C21H35IN4O. The van der Waals surface area contributed by atoms with Crippen LogP contribution in [0.3, 0.4) is 0 Å². The molecule has 2 fully saturated rings. The molecular weight excluding hydrogens is 451 g/mol. The van der Waals surface area contributed by atoms with Crippen molar-refractivity contribution in [3.8, 4) is 5.75 Å². The highest BCUT2D eigenvalue weighted by Gasteiger charge is 2.28. The van der Waals surface area contributed by atoms with E-state index in [0.29, 0.717) is 5.92 Å². The van der Waals surface area contributed by atoms with Gasteiger partial charge in [0.2, 0.25) is 0 Å². The van der Waals surface area contributed by atoms with Crippen LogP contribution in [0.25, 0.3) is 0 Å². The Labute approximate surface area is 181 Å². The van der Waals surface area contributed by atoms with Crippen molar-refractivity contribution < 1.29 is 4.74 Å². The smallest absolute Gasteiger partial charge is 0.193 e. The van der Waals surface area contributed by atoms with Crippen LogP contribution in [0.5, 0.6) is 5.75 Å². The van der Waals surface area contributed by atoms with Gasteiger partial charge < -0.3 is 15.0 Å². The van der Waals surface area contributed by atoms with Crippen LogP contribution in [-0.2, 0) is 0 Å². The Morgan fingerprint density at radius 1 is 1.22 bits per heavy atom. The van der Waals surface area contributed by atoms with Gasteiger partial charge in [-0.3, -0.25) is 9.89 Å². The summed E-state index contributed by atoms with van der Waals surface area (Å²) in [6.45, 7) is 10.5. The number of nitrogens with zero attached hydrogens (tertiary/aromatic N) is 3. The topological polar surface area (TPSA) is 40.1 Å². The molecule has 1 unspecified atom stereocenters. The van der Waals surface area contributed by atoms with Crippen LogP contribution in [0.15, 0.2) is 29.3 Å². The maximum Gasteiger partial charge on any atom is 0.193 e. The lowest BCUT2D eigenvalue weighted by Crippen LogP contribution is -2.40. The summed E-state index contributed by atoms with van der Waals surface area (Å²) in [6.07, 6.45) is 3.92. The molecule has 1 atom stereocenters. The molecule has 27 heavy (non-hydrogen) atoms. The molecule has 0 amide bonds. The monoisotopic (exact) mass is 486 g/mol. The molecule has 1 aliphatic carbocycles. The van der Waals surface area contributed by atoms with E-state index in [1.54, 1.807) is 7.11 Å². The van der Waals surface area contributed by atoms with E-state index < -0.39 is 0 Å². The molecule has 1 aromatic rings. The van der Waals surface area contributed by atoms with Gasteiger partial charge in [0.05, 0.1) is 13.7 Å². The number of likely N-dealkylation sites (N-methyl/N-ethyl adjacent to an activating group) is 1. The molecule has 1 N–H and O–H groups in total. The average Bonchev–Trinajstić information content (AvgIpc) is 3.40. The van der Waals surface area contributed by atoms with E-state index in [2.05, 4.69) is 53.2 Å². The summed E-state index contributed by atoms with van der Waals surface area (Å²) >= 11 is 0. The number of nitrogens with one attached hydrogen (secondary N) is 1. The van der Waals surface area contributed by atoms with E-state index in [9.17, 15) is 0 Å². The van der Waals surface area contributed by atoms with Gasteiger partial charge in [-0.15, -0.1) is 24.0 Å². The van der Waals surface area contributed by atoms with Gasteiger partial charge >= 0.3 is 0 Å². The molecule has 1 saturated carbocycles. The van der Waals surface area contributed by atoms with Crippen molar-refractivity contribution in [1.82, 2.24) is 15.1 Å². The highest BCUT2D eigenvalue weighted by atomic mass is 127. The van der Waals surface area contributed by atoms with Crippen LogP contribution < -0.4 is 10.1 Å². The third kappa shape index (κ3) is 6.24.